The molecule has 0 atom stereocenters. The van der Waals surface area contributed by atoms with Gasteiger partial charge in [0, 0.05) is 25.7 Å². The van der Waals surface area contributed by atoms with Gasteiger partial charge in [0.25, 0.3) is 0 Å². The van der Waals surface area contributed by atoms with E-state index in [-0.39, 0.29) is 0 Å². The van der Waals surface area contributed by atoms with Crippen molar-refractivity contribution in [2.45, 2.75) is 34.2 Å². The van der Waals surface area contributed by atoms with Crippen molar-refractivity contribution in [3.63, 3.8) is 0 Å². The van der Waals surface area contributed by atoms with Crippen LogP contribution < -0.4 is 10.2 Å². The second-order valence-electron chi connectivity index (χ2n) is 5.17. The first-order valence-corrected chi connectivity index (χ1v) is 7.52. The molecule has 1 aromatic heterocycles. The SMILES string of the molecule is CCN(CC)c1cc(NCc2cccc(C)c2)nc(C)n1. The molecular formula is C17H24N4. The Morgan fingerprint density at radius 1 is 1.05 bits per heavy atom. The van der Waals surface area contributed by atoms with Gasteiger partial charge in [0.1, 0.15) is 17.5 Å². The maximum Gasteiger partial charge on any atom is 0.134 e. The number of aromatic nitrogens is 2. The Labute approximate surface area is 127 Å². The second kappa shape index (κ2) is 7.07. The fourth-order valence-corrected chi connectivity index (χ4v) is 2.37. The van der Waals surface area contributed by atoms with Crippen LogP contribution in [0.4, 0.5) is 11.6 Å². The molecule has 4 heteroatoms. The standard InChI is InChI=1S/C17H24N4/c1-5-21(6-2)17-11-16(19-14(4)20-17)18-12-15-9-7-8-13(3)10-15/h7-11H,5-6,12H2,1-4H3,(H,18,19,20). The Bertz CT molecular complexity index is 591. The molecule has 0 amide bonds. The summed E-state index contributed by atoms with van der Waals surface area (Å²) in [6.45, 7) is 11.0. The molecule has 2 rings (SSSR count). The van der Waals surface area contributed by atoms with Crippen molar-refractivity contribution >= 4 is 11.6 Å². The van der Waals surface area contributed by atoms with E-state index in [2.05, 4.69) is 65.2 Å². The predicted octanol–water partition coefficient (Wildman–Crippen LogP) is 3.55. The van der Waals surface area contributed by atoms with Crippen LogP contribution in [-0.4, -0.2) is 23.1 Å². The van der Waals surface area contributed by atoms with Crippen LogP contribution in [0.15, 0.2) is 30.3 Å². The third-order valence-corrected chi connectivity index (χ3v) is 3.47. The van der Waals surface area contributed by atoms with E-state index < -0.39 is 0 Å². The van der Waals surface area contributed by atoms with E-state index in [9.17, 15) is 0 Å². The summed E-state index contributed by atoms with van der Waals surface area (Å²) < 4.78 is 0. The summed E-state index contributed by atoms with van der Waals surface area (Å²) in [4.78, 5) is 11.2. The van der Waals surface area contributed by atoms with Gasteiger partial charge in [-0.25, -0.2) is 9.97 Å². The maximum atomic E-state index is 4.52. The molecule has 0 bridgehead atoms. The van der Waals surface area contributed by atoms with E-state index in [1.165, 1.54) is 11.1 Å². The number of hydrogen-bond donors (Lipinski definition) is 1. The first kappa shape index (κ1) is 15.3. The summed E-state index contributed by atoms with van der Waals surface area (Å²) in [6, 6.07) is 10.5. The van der Waals surface area contributed by atoms with Crippen molar-refractivity contribution in [1.82, 2.24) is 9.97 Å². The van der Waals surface area contributed by atoms with Crippen LogP contribution in [0.3, 0.4) is 0 Å². The van der Waals surface area contributed by atoms with E-state index in [1.807, 2.05) is 13.0 Å². The molecule has 0 radical (unpaired) electrons. The first-order chi connectivity index (χ1) is 10.1. The molecule has 0 saturated heterocycles. The average molecular weight is 284 g/mol. The van der Waals surface area contributed by atoms with Crippen molar-refractivity contribution in [1.29, 1.82) is 0 Å². The van der Waals surface area contributed by atoms with E-state index in [0.29, 0.717) is 0 Å². The van der Waals surface area contributed by atoms with Gasteiger partial charge in [-0.05, 0) is 33.3 Å². The molecule has 1 aromatic carbocycles. The third kappa shape index (κ3) is 4.18. The number of benzene rings is 1. The molecule has 1 heterocycles. The lowest BCUT2D eigenvalue weighted by Crippen LogP contribution is -2.23. The zero-order valence-corrected chi connectivity index (χ0v) is 13.3. The minimum Gasteiger partial charge on any atom is -0.366 e. The van der Waals surface area contributed by atoms with Gasteiger partial charge in [0.2, 0.25) is 0 Å². The molecule has 0 aliphatic rings. The van der Waals surface area contributed by atoms with Crippen molar-refractivity contribution in [3.8, 4) is 0 Å². The molecule has 0 unspecified atom stereocenters. The Kier molecular flexibility index (Phi) is 5.14. The monoisotopic (exact) mass is 284 g/mol. The number of aryl methyl sites for hydroxylation is 2. The van der Waals surface area contributed by atoms with Crippen molar-refractivity contribution in [3.05, 3.63) is 47.3 Å². The zero-order chi connectivity index (χ0) is 15.2. The van der Waals surface area contributed by atoms with Gasteiger partial charge in [0.05, 0.1) is 0 Å². The predicted molar refractivity (Wildman–Crippen MR) is 88.8 cm³/mol. The number of nitrogens with zero attached hydrogens (tertiary/aromatic N) is 3. The van der Waals surface area contributed by atoms with Crippen molar-refractivity contribution in [2.75, 3.05) is 23.3 Å². The average Bonchev–Trinajstić information content (AvgIpc) is 2.46. The van der Waals surface area contributed by atoms with Gasteiger partial charge in [-0.2, -0.15) is 0 Å². The van der Waals surface area contributed by atoms with Gasteiger partial charge >= 0.3 is 0 Å². The summed E-state index contributed by atoms with van der Waals surface area (Å²) in [5.74, 6) is 2.66. The van der Waals surface area contributed by atoms with Gasteiger partial charge in [0.15, 0.2) is 0 Å². The van der Waals surface area contributed by atoms with Gasteiger partial charge in [-0.15, -0.1) is 0 Å². The highest BCUT2D eigenvalue weighted by Gasteiger charge is 2.07. The van der Waals surface area contributed by atoms with Crippen molar-refractivity contribution in [2.24, 2.45) is 0 Å². The van der Waals surface area contributed by atoms with E-state index >= 15 is 0 Å². The van der Waals surface area contributed by atoms with Crippen LogP contribution in [0.5, 0.6) is 0 Å². The highest BCUT2D eigenvalue weighted by molar-refractivity contribution is 5.49. The molecule has 4 nitrogen and oxygen atoms in total. The first-order valence-electron chi connectivity index (χ1n) is 7.52. The molecular weight excluding hydrogens is 260 g/mol. The minimum atomic E-state index is 0.774. The van der Waals surface area contributed by atoms with Crippen LogP contribution in [0.1, 0.15) is 30.8 Å². The van der Waals surface area contributed by atoms with E-state index in [0.717, 1.165) is 37.1 Å². The van der Waals surface area contributed by atoms with E-state index in [4.69, 9.17) is 0 Å². The highest BCUT2D eigenvalue weighted by Crippen LogP contribution is 2.16. The molecule has 0 aliphatic heterocycles. The van der Waals surface area contributed by atoms with Crippen LogP contribution in [0, 0.1) is 13.8 Å². The topological polar surface area (TPSA) is 41.0 Å². The lowest BCUT2D eigenvalue weighted by Gasteiger charge is -2.20. The summed E-state index contributed by atoms with van der Waals surface area (Å²) >= 11 is 0. The molecule has 2 aromatic rings. The molecule has 21 heavy (non-hydrogen) atoms. The fourth-order valence-electron chi connectivity index (χ4n) is 2.37. The second-order valence-corrected chi connectivity index (χ2v) is 5.17. The normalized spacial score (nSPS) is 10.5. The number of nitrogens with one attached hydrogen (secondary N) is 1. The Hall–Kier alpha value is -2.10. The number of hydrogen-bond acceptors (Lipinski definition) is 4. The summed E-state index contributed by atoms with van der Waals surface area (Å²) in [5, 5.41) is 3.39. The Balaban J connectivity index is 2.13. The van der Waals surface area contributed by atoms with Gasteiger partial charge < -0.3 is 10.2 Å². The van der Waals surface area contributed by atoms with Crippen molar-refractivity contribution < 1.29 is 0 Å². The lowest BCUT2D eigenvalue weighted by molar-refractivity contribution is 0.834. The maximum absolute atomic E-state index is 4.52. The van der Waals surface area contributed by atoms with Gasteiger partial charge in [-0.1, -0.05) is 29.8 Å². The van der Waals surface area contributed by atoms with Crippen LogP contribution in [0.25, 0.3) is 0 Å². The largest absolute Gasteiger partial charge is 0.366 e. The van der Waals surface area contributed by atoms with Gasteiger partial charge in [-0.3, -0.25) is 0 Å². The quantitative estimate of drug-likeness (QED) is 0.880. The summed E-state index contributed by atoms with van der Waals surface area (Å²) in [6.07, 6.45) is 0. The molecule has 112 valence electrons. The summed E-state index contributed by atoms with van der Waals surface area (Å²) in [5.41, 5.74) is 2.53. The van der Waals surface area contributed by atoms with Crippen LogP contribution in [-0.2, 0) is 6.54 Å². The van der Waals surface area contributed by atoms with Crippen LogP contribution in [0.2, 0.25) is 0 Å². The number of rotatable bonds is 6. The van der Waals surface area contributed by atoms with Crippen LogP contribution >= 0.6 is 0 Å². The molecule has 0 spiro atoms. The molecule has 0 aliphatic carbocycles. The molecule has 0 saturated carbocycles. The fraction of sp³-hybridized carbons (Fsp3) is 0.412. The number of anilines is 2. The smallest absolute Gasteiger partial charge is 0.134 e. The Morgan fingerprint density at radius 3 is 2.48 bits per heavy atom. The lowest BCUT2D eigenvalue weighted by atomic mass is 10.1. The zero-order valence-electron chi connectivity index (χ0n) is 13.3. The highest BCUT2D eigenvalue weighted by atomic mass is 15.2. The van der Waals surface area contributed by atoms with E-state index in [1.54, 1.807) is 0 Å². The molecule has 0 fully saturated rings. The minimum absolute atomic E-state index is 0.774. The third-order valence-electron chi connectivity index (χ3n) is 3.47. The molecule has 1 N–H and O–H groups in total. The summed E-state index contributed by atoms with van der Waals surface area (Å²) in [7, 11) is 0. The Morgan fingerprint density at radius 2 is 1.81 bits per heavy atom.